The first-order valence-electron chi connectivity index (χ1n) is 5.65. The van der Waals surface area contributed by atoms with E-state index in [4.69, 9.17) is 10.3 Å². The van der Waals surface area contributed by atoms with Gasteiger partial charge < -0.3 is 15.2 Å². The van der Waals surface area contributed by atoms with Gasteiger partial charge in [0.25, 0.3) is 5.95 Å². The molecule has 1 fully saturated rings. The van der Waals surface area contributed by atoms with E-state index in [-0.39, 0.29) is 6.04 Å². The van der Waals surface area contributed by atoms with Crippen LogP contribution in [0.2, 0.25) is 0 Å². The minimum Gasteiger partial charge on any atom is -0.338 e. The average Bonchev–Trinajstić information content (AvgIpc) is 2.89. The minimum absolute atomic E-state index is 0.112. The van der Waals surface area contributed by atoms with E-state index < -0.39 is 0 Å². The molecule has 0 aromatic carbocycles. The second kappa shape index (κ2) is 4.61. The van der Waals surface area contributed by atoms with E-state index in [0.717, 1.165) is 25.9 Å². The van der Waals surface area contributed by atoms with Gasteiger partial charge in [-0.25, -0.2) is 0 Å². The first-order chi connectivity index (χ1) is 7.31. The number of nitrogens with zero attached hydrogens (tertiary/aromatic N) is 3. The maximum absolute atomic E-state index is 5.90. The van der Waals surface area contributed by atoms with Crippen molar-refractivity contribution >= 4 is 5.95 Å². The molecule has 0 unspecified atom stereocenters. The summed E-state index contributed by atoms with van der Waals surface area (Å²) >= 11 is 0. The summed E-state index contributed by atoms with van der Waals surface area (Å²) < 4.78 is 5.16. The van der Waals surface area contributed by atoms with Crippen molar-refractivity contribution in [3.8, 4) is 0 Å². The van der Waals surface area contributed by atoms with Crippen molar-refractivity contribution in [1.82, 2.24) is 10.1 Å². The fourth-order valence-electron chi connectivity index (χ4n) is 1.86. The Balaban J connectivity index is 2.02. The Morgan fingerprint density at radius 2 is 2.20 bits per heavy atom. The van der Waals surface area contributed by atoms with Crippen LogP contribution >= 0.6 is 0 Å². The molecule has 0 saturated carbocycles. The predicted molar refractivity (Wildman–Crippen MR) is 57.6 cm³/mol. The highest BCUT2D eigenvalue weighted by Crippen LogP contribution is 2.20. The van der Waals surface area contributed by atoms with Gasteiger partial charge in [0.1, 0.15) is 0 Å². The summed E-state index contributed by atoms with van der Waals surface area (Å²) in [5, 5.41) is 3.96. The second-order valence-electron chi connectivity index (χ2n) is 4.02. The summed E-state index contributed by atoms with van der Waals surface area (Å²) in [7, 11) is 0. The van der Waals surface area contributed by atoms with Gasteiger partial charge in [-0.2, -0.15) is 4.98 Å². The Bertz CT molecular complexity index is 306. The van der Waals surface area contributed by atoms with Gasteiger partial charge in [0.2, 0.25) is 5.89 Å². The maximum atomic E-state index is 5.90. The van der Waals surface area contributed by atoms with E-state index in [1.54, 1.807) is 0 Å². The largest absolute Gasteiger partial charge is 0.338 e. The summed E-state index contributed by atoms with van der Waals surface area (Å²) in [6.07, 6.45) is 4.35. The Labute approximate surface area is 89.6 Å². The van der Waals surface area contributed by atoms with Crippen molar-refractivity contribution in [3.05, 3.63) is 5.89 Å². The highest BCUT2D eigenvalue weighted by atomic mass is 16.5. The lowest BCUT2D eigenvalue weighted by Crippen LogP contribution is -2.19. The molecule has 1 aromatic heterocycles. The lowest BCUT2D eigenvalue weighted by molar-refractivity contribution is 0.347. The summed E-state index contributed by atoms with van der Waals surface area (Å²) in [6, 6.07) is -0.112. The van der Waals surface area contributed by atoms with E-state index in [0.29, 0.717) is 11.8 Å². The fraction of sp³-hybridized carbons (Fsp3) is 0.800. The number of hydrogen-bond donors (Lipinski definition) is 1. The molecule has 1 aliphatic rings. The third kappa shape index (κ3) is 2.28. The number of hydrogen-bond acceptors (Lipinski definition) is 5. The van der Waals surface area contributed by atoms with Gasteiger partial charge in [0.15, 0.2) is 0 Å². The molecule has 2 heterocycles. The maximum Gasteiger partial charge on any atom is 0.266 e. The third-order valence-electron chi connectivity index (χ3n) is 2.74. The van der Waals surface area contributed by atoms with E-state index in [9.17, 15) is 0 Å². The Kier molecular flexibility index (Phi) is 3.20. The van der Waals surface area contributed by atoms with Crippen molar-refractivity contribution in [2.75, 3.05) is 18.0 Å². The zero-order valence-electron chi connectivity index (χ0n) is 9.15. The van der Waals surface area contributed by atoms with Crippen molar-refractivity contribution in [3.63, 3.8) is 0 Å². The van der Waals surface area contributed by atoms with Gasteiger partial charge >= 0.3 is 0 Å². The lowest BCUT2D eigenvalue weighted by atomic mass is 10.2. The number of rotatable bonds is 4. The summed E-state index contributed by atoms with van der Waals surface area (Å²) in [5.74, 6) is 1.27. The van der Waals surface area contributed by atoms with Crippen LogP contribution in [0.15, 0.2) is 4.52 Å². The number of nitrogens with two attached hydrogens (primary N) is 1. The smallest absolute Gasteiger partial charge is 0.266 e. The SMILES string of the molecule is CCC[C@H](N)c1nc(N2CCCC2)no1. The van der Waals surface area contributed by atoms with Crippen LogP contribution in [0, 0.1) is 0 Å². The van der Waals surface area contributed by atoms with Gasteiger partial charge in [0.05, 0.1) is 6.04 Å². The highest BCUT2D eigenvalue weighted by molar-refractivity contribution is 5.29. The Morgan fingerprint density at radius 3 is 2.87 bits per heavy atom. The summed E-state index contributed by atoms with van der Waals surface area (Å²) in [4.78, 5) is 6.48. The standard InChI is InChI=1S/C10H18N4O/c1-2-5-8(11)9-12-10(13-15-9)14-6-3-4-7-14/h8H,2-7,11H2,1H3/t8-/m0/s1. The van der Waals surface area contributed by atoms with Gasteiger partial charge in [-0.05, 0) is 24.4 Å². The number of aromatic nitrogens is 2. The molecule has 1 aromatic rings. The molecule has 5 heteroatoms. The van der Waals surface area contributed by atoms with Crippen LogP contribution in [0.5, 0.6) is 0 Å². The Hall–Kier alpha value is -1.10. The van der Waals surface area contributed by atoms with Crippen LogP contribution in [-0.4, -0.2) is 23.2 Å². The summed E-state index contributed by atoms with van der Waals surface area (Å²) in [6.45, 7) is 4.15. The summed E-state index contributed by atoms with van der Waals surface area (Å²) in [5.41, 5.74) is 5.90. The molecule has 0 bridgehead atoms. The molecule has 84 valence electrons. The normalized spacial score (nSPS) is 18.4. The fourth-order valence-corrected chi connectivity index (χ4v) is 1.86. The van der Waals surface area contributed by atoms with E-state index in [1.165, 1.54) is 12.8 Å². The molecule has 0 spiro atoms. The van der Waals surface area contributed by atoms with Crippen molar-refractivity contribution in [2.45, 2.75) is 38.6 Å². The van der Waals surface area contributed by atoms with Crippen LogP contribution in [0.3, 0.4) is 0 Å². The van der Waals surface area contributed by atoms with E-state index >= 15 is 0 Å². The molecular formula is C10H18N4O. The van der Waals surface area contributed by atoms with Crippen molar-refractivity contribution in [2.24, 2.45) is 5.73 Å². The first-order valence-corrected chi connectivity index (χ1v) is 5.65. The molecule has 2 N–H and O–H groups in total. The zero-order chi connectivity index (χ0) is 10.7. The molecule has 1 saturated heterocycles. The zero-order valence-corrected chi connectivity index (χ0v) is 9.15. The molecular weight excluding hydrogens is 192 g/mol. The monoisotopic (exact) mass is 210 g/mol. The van der Waals surface area contributed by atoms with Crippen LogP contribution in [0.1, 0.15) is 44.5 Å². The second-order valence-corrected chi connectivity index (χ2v) is 4.02. The van der Waals surface area contributed by atoms with Crippen LogP contribution in [0.4, 0.5) is 5.95 Å². The average molecular weight is 210 g/mol. The Morgan fingerprint density at radius 1 is 1.47 bits per heavy atom. The van der Waals surface area contributed by atoms with Crippen molar-refractivity contribution < 1.29 is 4.52 Å². The van der Waals surface area contributed by atoms with Crippen LogP contribution in [0.25, 0.3) is 0 Å². The number of anilines is 1. The highest BCUT2D eigenvalue weighted by Gasteiger charge is 2.20. The molecule has 1 atom stereocenters. The molecule has 0 amide bonds. The molecule has 1 aliphatic heterocycles. The lowest BCUT2D eigenvalue weighted by Gasteiger charge is -2.10. The topological polar surface area (TPSA) is 68.2 Å². The molecule has 0 radical (unpaired) electrons. The molecule has 5 nitrogen and oxygen atoms in total. The van der Waals surface area contributed by atoms with Gasteiger partial charge in [0, 0.05) is 13.1 Å². The van der Waals surface area contributed by atoms with E-state index in [2.05, 4.69) is 22.0 Å². The molecule has 15 heavy (non-hydrogen) atoms. The minimum atomic E-state index is -0.112. The van der Waals surface area contributed by atoms with Gasteiger partial charge in [-0.1, -0.05) is 13.3 Å². The molecule has 2 rings (SSSR count). The molecule has 0 aliphatic carbocycles. The van der Waals surface area contributed by atoms with Gasteiger partial charge in [-0.3, -0.25) is 0 Å². The third-order valence-corrected chi connectivity index (χ3v) is 2.74. The quantitative estimate of drug-likeness (QED) is 0.815. The van der Waals surface area contributed by atoms with Crippen LogP contribution < -0.4 is 10.6 Å². The van der Waals surface area contributed by atoms with Crippen LogP contribution in [-0.2, 0) is 0 Å². The first kappa shape index (κ1) is 10.4. The van der Waals surface area contributed by atoms with Crippen molar-refractivity contribution in [1.29, 1.82) is 0 Å². The van der Waals surface area contributed by atoms with Gasteiger partial charge in [-0.15, -0.1) is 0 Å². The predicted octanol–water partition coefficient (Wildman–Crippen LogP) is 1.47. The van der Waals surface area contributed by atoms with E-state index in [1.807, 2.05) is 0 Å².